The zero-order valence-corrected chi connectivity index (χ0v) is 26.0. The minimum absolute atomic E-state index is 0.0569. The van der Waals surface area contributed by atoms with E-state index in [0.717, 1.165) is 41.3 Å². The smallest absolute Gasteiger partial charge is 0.319 e. The highest BCUT2D eigenvalue weighted by Crippen LogP contribution is 2.41. The minimum atomic E-state index is -0.883. The lowest BCUT2D eigenvalue weighted by Gasteiger charge is -2.39. The largest absolute Gasteiger partial charge is 0.461 e. The summed E-state index contributed by atoms with van der Waals surface area (Å²) in [5.41, 5.74) is 1.80. The van der Waals surface area contributed by atoms with Gasteiger partial charge in [0.15, 0.2) is 0 Å². The first-order chi connectivity index (χ1) is 22.3. The maximum absolute atomic E-state index is 14.6. The number of amides is 1. The molecule has 3 aliphatic rings. The van der Waals surface area contributed by atoms with E-state index >= 15 is 0 Å². The van der Waals surface area contributed by atoms with Gasteiger partial charge in [0.2, 0.25) is 12.5 Å². The fraction of sp³-hybridized carbons (Fsp3) is 0.371. The fourth-order valence-corrected chi connectivity index (χ4v) is 7.75. The molecule has 1 aromatic heterocycles. The van der Waals surface area contributed by atoms with Crippen molar-refractivity contribution in [2.24, 2.45) is 0 Å². The van der Waals surface area contributed by atoms with Gasteiger partial charge in [0, 0.05) is 43.4 Å². The van der Waals surface area contributed by atoms with Crippen LogP contribution in [0, 0.1) is 12.4 Å². The van der Waals surface area contributed by atoms with E-state index in [0.29, 0.717) is 49.3 Å². The Bertz CT molecular complexity index is 1900. The maximum atomic E-state index is 14.6. The van der Waals surface area contributed by atoms with E-state index in [-0.39, 0.29) is 41.7 Å². The molecule has 3 atom stereocenters. The first kappa shape index (κ1) is 30.3. The van der Waals surface area contributed by atoms with Crippen LogP contribution in [-0.4, -0.2) is 89.3 Å². The summed E-state index contributed by atoms with van der Waals surface area (Å²) in [4.78, 5) is 31.8. The molecule has 3 aliphatic heterocycles. The Morgan fingerprint density at radius 3 is 2.87 bits per heavy atom. The molecule has 3 fully saturated rings. The number of hydrogen-bond acceptors (Lipinski definition) is 6. The first-order valence-corrected chi connectivity index (χ1v) is 15.9. The topological polar surface area (TPSA) is 66.2 Å². The second kappa shape index (κ2) is 12.1. The molecule has 1 unspecified atom stereocenters. The van der Waals surface area contributed by atoms with Crippen molar-refractivity contribution in [2.75, 3.05) is 50.8 Å². The number of rotatable bonds is 7. The van der Waals surface area contributed by atoms with E-state index in [4.69, 9.17) is 32.9 Å². The number of carbonyl (C=O) groups excluding carboxylic acids is 1. The summed E-state index contributed by atoms with van der Waals surface area (Å²) in [5, 5.41) is 2.25. The van der Waals surface area contributed by atoms with Gasteiger partial charge in [-0.05, 0) is 60.2 Å². The normalized spacial score (nSPS) is 23.1. The molecule has 46 heavy (non-hydrogen) atoms. The van der Waals surface area contributed by atoms with E-state index in [2.05, 4.69) is 21.2 Å². The molecule has 0 saturated carbocycles. The number of ether oxygens (including phenoxy) is 1. The Kier molecular flexibility index (Phi) is 7.99. The molecule has 236 valence electrons. The fourth-order valence-electron chi connectivity index (χ4n) is 7.48. The number of fused-ring (bicyclic) bond motifs is 3. The van der Waals surface area contributed by atoms with Crippen molar-refractivity contribution in [2.45, 2.75) is 37.0 Å². The molecule has 0 radical (unpaired) electrons. The summed E-state index contributed by atoms with van der Waals surface area (Å²) in [6.45, 7) is 14.1. The van der Waals surface area contributed by atoms with Gasteiger partial charge in [0.05, 0.1) is 16.1 Å². The predicted molar refractivity (Wildman–Crippen MR) is 175 cm³/mol. The molecule has 7 rings (SSSR count). The lowest BCUT2D eigenvalue weighted by molar-refractivity contribution is -0.128. The molecule has 11 heteroatoms. The van der Waals surface area contributed by atoms with Gasteiger partial charge < -0.3 is 19.4 Å². The predicted octanol–water partition coefficient (Wildman–Crippen LogP) is 6.32. The van der Waals surface area contributed by atoms with E-state index in [1.807, 2.05) is 36.4 Å². The van der Waals surface area contributed by atoms with Crippen molar-refractivity contribution in [1.29, 1.82) is 0 Å². The van der Waals surface area contributed by atoms with E-state index in [1.165, 1.54) is 12.1 Å². The first-order valence-electron chi connectivity index (χ1n) is 15.5. The van der Waals surface area contributed by atoms with Gasteiger partial charge in [-0.15, -0.1) is 0 Å². The van der Waals surface area contributed by atoms with Crippen molar-refractivity contribution in [1.82, 2.24) is 19.8 Å². The molecule has 0 N–H and O–H groups in total. The molecular weight excluding hydrogens is 610 g/mol. The third kappa shape index (κ3) is 5.31. The number of alkyl halides is 1. The number of aromatic nitrogens is 2. The molecule has 1 amide bonds. The van der Waals surface area contributed by atoms with Crippen molar-refractivity contribution in [3.63, 3.8) is 0 Å². The van der Waals surface area contributed by atoms with Gasteiger partial charge in [-0.25, -0.2) is 15.4 Å². The van der Waals surface area contributed by atoms with Crippen molar-refractivity contribution >= 4 is 45.0 Å². The van der Waals surface area contributed by atoms with Gasteiger partial charge >= 0.3 is 6.01 Å². The second-order valence-electron chi connectivity index (χ2n) is 12.4. The van der Waals surface area contributed by atoms with Crippen LogP contribution in [0.5, 0.6) is 6.01 Å². The highest BCUT2D eigenvalue weighted by atomic mass is 35.5. The Morgan fingerprint density at radius 2 is 2.04 bits per heavy atom. The molecule has 0 aliphatic carbocycles. The number of nitrogens with zero attached hydrogens (tertiary/aromatic N) is 6. The van der Waals surface area contributed by atoms with E-state index in [9.17, 15) is 13.6 Å². The third-order valence-electron chi connectivity index (χ3n) is 9.68. The Morgan fingerprint density at radius 1 is 1.17 bits per heavy atom. The van der Waals surface area contributed by atoms with E-state index in [1.54, 1.807) is 11.0 Å². The summed E-state index contributed by atoms with van der Waals surface area (Å²) >= 11 is 6.48. The number of hydrogen-bond donors (Lipinski definition) is 0. The zero-order valence-electron chi connectivity index (χ0n) is 25.3. The molecular formula is C35H33ClF2N6O2. The monoisotopic (exact) mass is 642 g/mol. The molecule has 4 aromatic rings. The summed E-state index contributed by atoms with van der Waals surface area (Å²) in [6.07, 6.45) is 2.67. The SMILES string of the molecule is [C-]#[N+]C[C@H]1CN(c2nc(OCC34CCCN3C[C@H](F)C4)nc3cc(-c4cccc5ccc(F)c(Cl)c45)ccc23)CCN1C(=O)C=C. The summed E-state index contributed by atoms with van der Waals surface area (Å²) in [7, 11) is 0. The summed E-state index contributed by atoms with van der Waals surface area (Å²) in [6, 6.07) is 14.4. The second-order valence-corrected chi connectivity index (χ2v) is 12.7. The Hall–Kier alpha value is -4.33. The van der Waals surface area contributed by atoms with Crippen LogP contribution in [0.4, 0.5) is 14.6 Å². The van der Waals surface area contributed by atoms with E-state index < -0.39 is 12.0 Å². The highest BCUT2D eigenvalue weighted by molar-refractivity contribution is 6.36. The van der Waals surface area contributed by atoms with Crippen LogP contribution in [0.25, 0.3) is 37.6 Å². The van der Waals surface area contributed by atoms with Gasteiger partial charge in [-0.1, -0.05) is 48.5 Å². The van der Waals surface area contributed by atoms with Crippen molar-refractivity contribution < 1.29 is 18.3 Å². The number of piperazine rings is 1. The average Bonchev–Trinajstić information content (AvgIpc) is 3.60. The molecule has 3 aromatic carbocycles. The summed E-state index contributed by atoms with van der Waals surface area (Å²) in [5.74, 6) is -0.0684. The van der Waals surface area contributed by atoms with Crippen LogP contribution in [0.3, 0.4) is 0 Å². The summed E-state index contributed by atoms with van der Waals surface area (Å²) < 4.78 is 35.4. The van der Waals surface area contributed by atoms with Crippen LogP contribution in [0.15, 0.2) is 61.2 Å². The minimum Gasteiger partial charge on any atom is -0.461 e. The molecule has 8 nitrogen and oxygen atoms in total. The number of anilines is 1. The Balaban J connectivity index is 1.31. The number of carbonyl (C=O) groups is 1. The van der Waals surface area contributed by atoms with Crippen LogP contribution < -0.4 is 9.64 Å². The van der Waals surface area contributed by atoms with Crippen LogP contribution in [0.2, 0.25) is 5.02 Å². The van der Waals surface area contributed by atoms with Gasteiger partial charge in [-0.2, -0.15) is 9.97 Å². The number of halogens is 3. The maximum Gasteiger partial charge on any atom is 0.319 e. The zero-order chi connectivity index (χ0) is 32.0. The van der Waals surface area contributed by atoms with Crippen molar-refractivity contribution in [3.8, 4) is 17.1 Å². The van der Waals surface area contributed by atoms with Gasteiger partial charge in [0.1, 0.15) is 30.5 Å². The van der Waals surface area contributed by atoms with Gasteiger partial charge in [-0.3, -0.25) is 9.69 Å². The highest BCUT2D eigenvalue weighted by Gasteiger charge is 2.49. The molecule has 0 bridgehead atoms. The lowest BCUT2D eigenvalue weighted by Crippen LogP contribution is -2.56. The third-order valence-corrected chi connectivity index (χ3v) is 10.0. The van der Waals surface area contributed by atoms with Crippen LogP contribution in [0.1, 0.15) is 19.3 Å². The molecule has 4 heterocycles. The van der Waals surface area contributed by atoms with Crippen molar-refractivity contribution in [3.05, 3.63) is 83.4 Å². The standard InChI is InChI=1S/C35H33ClF2N6O2/c1-3-30(45)44-15-14-42(20-25(44)18-39-2)33-27-10-8-23(26-7-4-6-22-9-11-28(38)32(36)31(22)26)16-29(27)40-34(41-33)46-21-35-12-5-13-43(35)19-24(37)17-35/h3-4,6-11,16,24-25H,1,5,12-15,17-21H2/t24-,25+,35?/m1/s1. The van der Waals surface area contributed by atoms with Crippen LogP contribution >= 0.6 is 11.6 Å². The quantitative estimate of drug-likeness (QED) is 0.174. The average molecular weight is 643 g/mol. The Labute approximate surface area is 271 Å². The number of benzene rings is 3. The van der Waals surface area contributed by atoms with Crippen LogP contribution in [-0.2, 0) is 4.79 Å². The molecule has 3 saturated heterocycles. The van der Waals surface area contributed by atoms with Gasteiger partial charge in [0.25, 0.3) is 0 Å². The molecule has 0 spiro atoms. The lowest BCUT2D eigenvalue weighted by atomic mass is 9.95.